The molecule has 0 spiro atoms. The number of allylic oxidation sites excluding steroid dienone is 4. The van der Waals surface area contributed by atoms with E-state index < -0.39 is 0 Å². The molecule has 0 aromatic carbocycles. The van der Waals surface area contributed by atoms with Gasteiger partial charge in [-0.15, -0.1) is 0 Å². The highest BCUT2D eigenvalue weighted by Gasteiger charge is 2.58. The molecule has 0 bridgehead atoms. The minimum absolute atomic E-state index is 0.759. The summed E-state index contributed by atoms with van der Waals surface area (Å²) < 4.78 is 0. The van der Waals surface area contributed by atoms with Gasteiger partial charge in [0.2, 0.25) is 0 Å². The van der Waals surface area contributed by atoms with E-state index in [4.69, 9.17) is 0 Å². The molecule has 2 nitrogen and oxygen atoms in total. The summed E-state index contributed by atoms with van der Waals surface area (Å²) in [6.07, 6.45) is 63.4. The van der Waals surface area contributed by atoms with Crippen molar-refractivity contribution in [1.29, 1.82) is 0 Å². The van der Waals surface area contributed by atoms with E-state index in [1.165, 1.54) is 231 Å². The highest BCUT2D eigenvalue weighted by atomic mass is 15.3. The van der Waals surface area contributed by atoms with Crippen LogP contribution >= 0.6 is 0 Å². The quantitative estimate of drug-likeness (QED) is 0.0997. The third-order valence-electron chi connectivity index (χ3n) is 24.3. The molecule has 8 fully saturated rings. The number of fused-ring (bicyclic) bond motifs is 1. The standard InChI is InChI=1S/C72H128N2/c1-11-15-21-61-47-53(7)48-62(22-16-12-2)71(61)73(65-43-39-59(40-44-65)37-35-57-31-27-51(5)28-32-57)69-55(9)56(10)70(68-26-20-19-25-67(68)69)74(72-63(23-17-13-3)49-54(8)50-64(72)24-18-14-4)66-45-41-60(42-46-66)38-36-58-33-29-52(6)30-34-58/h35-38,51-72H,11-34,39-50H2,1-10H3/b37-35+,38-36+. The van der Waals surface area contributed by atoms with Crippen LogP contribution in [0.1, 0.15) is 300 Å². The van der Waals surface area contributed by atoms with E-state index in [1.54, 1.807) is 0 Å². The predicted octanol–water partition coefficient (Wildman–Crippen LogP) is 21.1. The molecule has 8 rings (SSSR count). The van der Waals surface area contributed by atoms with E-state index >= 15 is 0 Å². The first kappa shape index (κ1) is 59.5. The summed E-state index contributed by atoms with van der Waals surface area (Å²) in [6.45, 7) is 26.2. The highest BCUT2D eigenvalue weighted by molar-refractivity contribution is 5.12. The molecule has 10 atom stereocenters. The van der Waals surface area contributed by atoms with Gasteiger partial charge in [-0.2, -0.15) is 0 Å². The number of unbranched alkanes of at least 4 members (excludes halogenated alkanes) is 4. The van der Waals surface area contributed by atoms with Gasteiger partial charge in [-0.3, -0.25) is 9.80 Å². The van der Waals surface area contributed by atoms with Gasteiger partial charge >= 0.3 is 0 Å². The molecule has 0 radical (unpaired) electrons. The van der Waals surface area contributed by atoms with Gasteiger partial charge in [-0.25, -0.2) is 0 Å². The summed E-state index contributed by atoms with van der Waals surface area (Å²) >= 11 is 0. The van der Waals surface area contributed by atoms with E-state index in [2.05, 4.69) is 103 Å². The fraction of sp³-hybridized carbons (Fsp3) is 0.944. The van der Waals surface area contributed by atoms with Gasteiger partial charge in [0.15, 0.2) is 0 Å². The fourth-order valence-electron chi connectivity index (χ4n) is 20.1. The lowest BCUT2D eigenvalue weighted by atomic mass is 9.55. The molecule has 0 aromatic heterocycles. The van der Waals surface area contributed by atoms with Gasteiger partial charge in [-0.1, -0.05) is 183 Å². The van der Waals surface area contributed by atoms with Crippen LogP contribution in [0.4, 0.5) is 0 Å². The molecule has 74 heavy (non-hydrogen) atoms. The molecular formula is C72H128N2. The summed E-state index contributed by atoms with van der Waals surface area (Å²) in [4.78, 5) is 7.20. The second-order valence-corrected chi connectivity index (χ2v) is 29.9. The zero-order valence-electron chi connectivity index (χ0n) is 51.4. The monoisotopic (exact) mass is 1020 g/mol. The van der Waals surface area contributed by atoms with Crippen LogP contribution in [-0.2, 0) is 0 Å². The molecule has 8 aliphatic carbocycles. The van der Waals surface area contributed by atoms with Crippen molar-refractivity contribution in [1.82, 2.24) is 9.80 Å². The first-order chi connectivity index (χ1) is 36.0. The molecule has 10 unspecified atom stereocenters. The molecule has 0 amide bonds. The Morgan fingerprint density at radius 3 is 0.851 bits per heavy atom. The Hall–Kier alpha value is -0.600. The lowest BCUT2D eigenvalue weighted by molar-refractivity contribution is -0.156. The highest BCUT2D eigenvalue weighted by Crippen LogP contribution is 2.57. The van der Waals surface area contributed by atoms with Crippen molar-refractivity contribution in [2.75, 3.05) is 0 Å². The van der Waals surface area contributed by atoms with Crippen molar-refractivity contribution in [3.8, 4) is 0 Å². The third kappa shape index (κ3) is 15.2. The Labute approximate surface area is 463 Å². The topological polar surface area (TPSA) is 6.48 Å². The predicted molar refractivity (Wildman–Crippen MR) is 323 cm³/mol. The van der Waals surface area contributed by atoms with Crippen LogP contribution in [0.5, 0.6) is 0 Å². The molecular weight excluding hydrogens is 893 g/mol. The van der Waals surface area contributed by atoms with Crippen LogP contribution in [0.15, 0.2) is 24.3 Å². The van der Waals surface area contributed by atoms with Crippen molar-refractivity contribution in [2.24, 2.45) is 94.7 Å². The van der Waals surface area contributed by atoms with Crippen molar-refractivity contribution in [3.63, 3.8) is 0 Å². The molecule has 0 heterocycles. The maximum Gasteiger partial charge on any atom is 0.0162 e. The van der Waals surface area contributed by atoms with Crippen molar-refractivity contribution in [2.45, 2.75) is 337 Å². The summed E-state index contributed by atoms with van der Waals surface area (Å²) in [5, 5.41) is 0. The molecule has 8 saturated carbocycles. The number of hydrogen-bond donors (Lipinski definition) is 0. The summed E-state index contributed by atoms with van der Waals surface area (Å²) in [6, 6.07) is 4.71. The Kier molecular flexibility index (Phi) is 23.9. The van der Waals surface area contributed by atoms with E-state index in [9.17, 15) is 0 Å². The minimum Gasteiger partial charge on any atom is -0.293 e. The third-order valence-corrected chi connectivity index (χ3v) is 24.3. The molecule has 0 N–H and O–H groups in total. The van der Waals surface area contributed by atoms with Gasteiger partial charge in [-0.05, 0) is 236 Å². The Morgan fingerprint density at radius 2 is 0.581 bits per heavy atom. The van der Waals surface area contributed by atoms with Gasteiger partial charge < -0.3 is 0 Å². The van der Waals surface area contributed by atoms with Gasteiger partial charge in [0.25, 0.3) is 0 Å². The van der Waals surface area contributed by atoms with Gasteiger partial charge in [0.05, 0.1) is 0 Å². The van der Waals surface area contributed by atoms with Crippen LogP contribution in [-0.4, -0.2) is 46.1 Å². The van der Waals surface area contributed by atoms with E-state index in [0.29, 0.717) is 0 Å². The number of nitrogens with zero attached hydrogens (tertiary/aromatic N) is 2. The van der Waals surface area contributed by atoms with Gasteiger partial charge in [0.1, 0.15) is 0 Å². The second-order valence-electron chi connectivity index (χ2n) is 29.9. The van der Waals surface area contributed by atoms with E-state index in [-0.39, 0.29) is 0 Å². The molecule has 2 heteroatoms. The maximum atomic E-state index is 3.60. The zero-order chi connectivity index (χ0) is 52.1. The average molecular weight is 1020 g/mol. The fourth-order valence-corrected chi connectivity index (χ4v) is 20.1. The van der Waals surface area contributed by atoms with Crippen LogP contribution in [0.2, 0.25) is 0 Å². The Balaban J connectivity index is 1.15. The van der Waals surface area contributed by atoms with Crippen LogP contribution in [0.3, 0.4) is 0 Å². The average Bonchev–Trinajstić information content (AvgIpc) is 3.41. The minimum atomic E-state index is 0.759. The van der Waals surface area contributed by atoms with Crippen molar-refractivity contribution >= 4 is 0 Å². The molecule has 8 aliphatic rings. The largest absolute Gasteiger partial charge is 0.293 e. The lowest BCUT2D eigenvalue weighted by Gasteiger charge is -2.65. The summed E-state index contributed by atoms with van der Waals surface area (Å²) in [5.74, 6) is 13.8. The van der Waals surface area contributed by atoms with Crippen LogP contribution in [0, 0.1) is 94.7 Å². The molecule has 0 aromatic rings. The van der Waals surface area contributed by atoms with Gasteiger partial charge in [0, 0.05) is 36.3 Å². The Bertz CT molecular complexity index is 1440. The van der Waals surface area contributed by atoms with Crippen molar-refractivity contribution in [3.05, 3.63) is 24.3 Å². The summed E-state index contributed by atoms with van der Waals surface area (Å²) in [5.41, 5.74) is 0. The first-order valence-corrected chi connectivity index (χ1v) is 34.9. The smallest absolute Gasteiger partial charge is 0.0162 e. The van der Waals surface area contributed by atoms with E-state index in [0.717, 1.165) is 131 Å². The van der Waals surface area contributed by atoms with E-state index in [1.807, 2.05) is 0 Å². The Morgan fingerprint density at radius 1 is 0.311 bits per heavy atom. The van der Waals surface area contributed by atoms with Crippen LogP contribution in [0.25, 0.3) is 0 Å². The summed E-state index contributed by atoms with van der Waals surface area (Å²) in [7, 11) is 0. The zero-order valence-corrected chi connectivity index (χ0v) is 51.4. The first-order valence-electron chi connectivity index (χ1n) is 34.9. The molecule has 426 valence electrons. The second kappa shape index (κ2) is 29.7. The number of rotatable bonds is 22. The maximum absolute atomic E-state index is 3.60. The number of hydrogen-bond acceptors (Lipinski definition) is 2. The SMILES string of the molecule is CCCCC1CC(C)CC(CCCC)C1N(C1CCC(/C=C/C2CCC(C)CC2)CC1)C1C(C)C(C)C(N(C2CCC(/C=C/C3CCC(C)CC3)CC2)C2C(CCCC)CC(C)CC2CCCC)C2CCCCC21. The normalized spacial score (nSPS) is 43.8. The molecule has 0 saturated heterocycles. The lowest BCUT2D eigenvalue weighted by Crippen LogP contribution is -2.70. The van der Waals surface area contributed by atoms with Crippen LogP contribution < -0.4 is 0 Å². The molecule has 0 aliphatic heterocycles. The van der Waals surface area contributed by atoms with Crippen molar-refractivity contribution < 1.29 is 0 Å².